The van der Waals surface area contributed by atoms with Gasteiger partial charge in [-0.3, -0.25) is 28.8 Å². The van der Waals surface area contributed by atoms with Crippen LogP contribution in [-0.4, -0.2) is 110 Å². The summed E-state index contributed by atoms with van der Waals surface area (Å²) in [6, 6.07) is -1.11. The molecule has 3 atom stereocenters. The maximum absolute atomic E-state index is 12.3. The van der Waals surface area contributed by atoms with E-state index in [0.29, 0.717) is 83.5 Å². The number of carbonyl (C=O) groups is 7. The van der Waals surface area contributed by atoms with Crippen LogP contribution in [0.1, 0.15) is 126 Å². The minimum absolute atomic E-state index is 0.00380. The molecular formula is C39H71N5O11. The lowest BCUT2D eigenvalue weighted by molar-refractivity contribution is -0.142. The number of carboxylic acid groups (broad SMARTS) is 2. The zero-order valence-electron chi connectivity index (χ0n) is 34.4. The molecule has 16 nitrogen and oxygen atoms in total. The molecule has 0 saturated heterocycles. The number of amides is 5. The Morgan fingerprint density at radius 1 is 0.655 bits per heavy atom. The highest BCUT2D eigenvalue weighted by Gasteiger charge is 2.37. The highest BCUT2D eigenvalue weighted by atomic mass is 16.5. The Kier molecular flexibility index (Phi) is 26.6. The van der Waals surface area contributed by atoms with Crippen LogP contribution in [0, 0.1) is 22.7 Å². The summed E-state index contributed by atoms with van der Waals surface area (Å²) in [6.07, 6.45) is 6.22. The van der Waals surface area contributed by atoms with E-state index in [2.05, 4.69) is 26.6 Å². The Labute approximate surface area is 327 Å². The third-order valence-corrected chi connectivity index (χ3v) is 9.00. The van der Waals surface area contributed by atoms with Crippen LogP contribution < -0.4 is 26.6 Å². The van der Waals surface area contributed by atoms with Gasteiger partial charge in [-0.15, -0.1) is 0 Å². The normalized spacial score (nSPS) is 15.4. The number of aliphatic carboxylic acids is 2. The summed E-state index contributed by atoms with van der Waals surface area (Å²) in [4.78, 5) is 80.6. The van der Waals surface area contributed by atoms with Gasteiger partial charge >= 0.3 is 11.9 Å². The average Bonchev–Trinajstić information content (AvgIpc) is 3.84. The van der Waals surface area contributed by atoms with Crippen LogP contribution in [0.4, 0.5) is 0 Å². The maximum atomic E-state index is 12.3. The molecule has 0 radical (unpaired) electrons. The summed E-state index contributed by atoms with van der Waals surface area (Å²) >= 11 is 0. The molecule has 5 amide bonds. The fraction of sp³-hybridized carbons (Fsp3) is 0.821. The molecule has 55 heavy (non-hydrogen) atoms. The van der Waals surface area contributed by atoms with Gasteiger partial charge in [0.1, 0.15) is 12.6 Å². The Morgan fingerprint density at radius 2 is 1.25 bits per heavy atom. The van der Waals surface area contributed by atoms with E-state index in [-0.39, 0.29) is 67.2 Å². The molecule has 0 aromatic heterocycles. The van der Waals surface area contributed by atoms with E-state index in [1.165, 1.54) is 0 Å². The highest BCUT2D eigenvalue weighted by Crippen LogP contribution is 2.43. The Bertz CT molecular complexity index is 1190. The van der Waals surface area contributed by atoms with Crippen molar-refractivity contribution in [2.45, 2.75) is 132 Å². The van der Waals surface area contributed by atoms with Crippen LogP contribution in [-0.2, 0) is 43.0 Å². The number of ether oxygens (including phenoxy) is 2. The number of carboxylic acids is 2. The van der Waals surface area contributed by atoms with E-state index in [0.717, 1.165) is 25.7 Å². The third kappa shape index (κ3) is 29.2. The molecule has 1 rings (SSSR count). The van der Waals surface area contributed by atoms with Gasteiger partial charge in [-0.25, -0.2) is 4.79 Å². The number of hydrogen-bond donors (Lipinski definition) is 7. The predicted octanol–water partition coefficient (Wildman–Crippen LogP) is 3.16. The van der Waals surface area contributed by atoms with Gasteiger partial charge in [0.2, 0.25) is 29.5 Å². The van der Waals surface area contributed by atoms with E-state index in [1.54, 1.807) is 6.92 Å². The quantitative estimate of drug-likeness (QED) is 0.0522. The fourth-order valence-electron chi connectivity index (χ4n) is 5.54. The zero-order valence-corrected chi connectivity index (χ0v) is 34.4. The van der Waals surface area contributed by atoms with Crippen LogP contribution in [0.3, 0.4) is 0 Å². The predicted molar refractivity (Wildman–Crippen MR) is 208 cm³/mol. The molecular weight excluding hydrogens is 714 g/mol. The van der Waals surface area contributed by atoms with Crippen LogP contribution in [0.25, 0.3) is 0 Å². The van der Waals surface area contributed by atoms with Crippen molar-refractivity contribution in [1.29, 1.82) is 0 Å². The van der Waals surface area contributed by atoms with E-state index in [9.17, 15) is 38.7 Å². The minimum atomic E-state index is -1.17. The molecule has 318 valence electrons. The van der Waals surface area contributed by atoms with E-state index in [4.69, 9.17) is 14.6 Å². The van der Waals surface area contributed by atoms with Crippen molar-refractivity contribution in [3.05, 3.63) is 0 Å². The number of rotatable bonds is 30. The summed E-state index contributed by atoms with van der Waals surface area (Å²) in [5.41, 5.74) is -0.781. The molecule has 7 N–H and O–H groups in total. The summed E-state index contributed by atoms with van der Waals surface area (Å²) in [6.45, 7) is 17.1. The molecule has 16 heteroatoms. The Morgan fingerprint density at radius 3 is 1.84 bits per heavy atom. The molecule has 3 unspecified atom stereocenters. The van der Waals surface area contributed by atoms with Gasteiger partial charge in [-0.2, -0.15) is 0 Å². The van der Waals surface area contributed by atoms with Gasteiger partial charge in [0, 0.05) is 65.1 Å². The lowest BCUT2D eigenvalue weighted by atomic mass is 9.76. The summed E-state index contributed by atoms with van der Waals surface area (Å²) in [5, 5.41) is 31.7. The van der Waals surface area contributed by atoms with Gasteiger partial charge in [0.15, 0.2) is 0 Å². The molecule has 1 aliphatic carbocycles. The first-order valence-electron chi connectivity index (χ1n) is 19.8. The third-order valence-electron chi connectivity index (χ3n) is 9.00. The number of carbonyl (C=O) groups excluding carboxylic acids is 5. The van der Waals surface area contributed by atoms with Gasteiger partial charge in [0.25, 0.3) is 0 Å². The second kappa shape index (κ2) is 28.6. The molecule has 0 spiro atoms. The molecule has 1 aliphatic rings. The van der Waals surface area contributed by atoms with Crippen molar-refractivity contribution < 1.29 is 53.2 Å². The second-order valence-electron chi connectivity index (χ2n) is 15.7. The fourth-order valence-corrected chi connectivity index (χ4v) is 5.54. The van der Waals surface area contributed by atoms with E-state index >= 15 is 0 Å². The average molecular weight is 786 g/mol. The van der Waals surface area contributed by atoms with Crippen molar-refractivity contribution >= 4 is 41.5 Å². The van der Waals surface area contributed by atoms with Crippen molar-refractivity contribution in [1.82, 2.24) is 26.6 Å². The van der Waals surface area contributed by atoms with Crippen molar-refractivity contribution in [3.8, 4) is 0 Å². The number of hydrogen-bond acceptors (Lipinski definition) is 9. The molecule has 0 bridgehead atoms. The Balaban J connectivity index is 0.00000106. The monoisotopic (exact) mass is 786 g/mol. The van der Waals surface area contributed by atoms with Gasteiger partial charge < -0.3 is 46.3 Å². The molecule has 0 aromatic rings. The maximum Gasteiger partial charge on any atom is 0.326 e. The lowest BCUT2D eigenvalue weighted by Gasteiger charge is -2.30. The van der Waals surface area contributed by atoms with E-state index < -0.39 is 23.4 Å². The van der Waals surface area contributed by atoms with Gasteiger partial charge in [-0.05, 0) is 67.6 Å². The molecule has 0 aliphatic heterocycles. The first-order valence-corrected chi connectivity index (χ1v) is 19.8. The lowest BCUT2D eigenvalue weighted by Crippen LogP contribution is -2.43. The SMILES string of the molecule is CCCNC(=O)CCC(NC(=O)CC(C)(C)CCC(C)(C)CC(=O)O)C(=O)O.CCCOCC(=O)NCCOCCC1CC1CC(=O)NCCNC(=O)CC. The smallest absolute Gasteiger partial charge is 0.326 e. The molecule has 1 saturated carbocycles. The summed E-state index contributed by atoms with van der Waals surface area (Å²) in [5.74, 6) is -1.73. The van der Waals surface area contributed by atoms with Crippen LogP contribution in [0.15, 0.2) is 0 Å². The number of nitrogens with one attached hydrogen (secondary N) is 5. The zero-order chi connectivity index (χ0) is 41.9. The molecule has 0 aromatic carbocycles. The van der Waals surface area contributed by atoms with Crippen molar-refractivity contribution in [3.63, 3.8) is 0 Å². The van der Waals surface area contributed by atoms with Crippen molar-refractivity contribution in [2.24, 2.45) is 22.7 Å². The molecule has 0 heterocycles. The van der Waals surface area contributed by atoms with Crippen LogP contribution in [0.2, 0.25) is 0 Å². The van der Waals surface area contributed by atoms with Crippen molar-refractivity contribution in [2.75, 3.05) is 52.6 Å². The summed E-state index contributed by atoms with van der Waals surface area (Å²) in [7, 11) is 0. The standard InChI is InChI=1S/C20H36N2O6.C19H35N3O5/c1-6-11-21-15(23)8-7-14(18(27)28)22-16(24)12-19(2,3)9-10-20(4,5)13-17(25)26;1-3-9-27-14-19(25)22-8-11-26-10-5-15-12-16(15)13-18(24)21-7-6-20-17(23)4-2/h14H,6-13H2,1-5H3,(H,21,23)(H,22,24)(H,25,26)(H,27,28);15-16H,3-14H2,1-2H3,(H,20,23)(H,21,24)(H,22,25). The van der Waals surface area contributed by atoms with Gasteiger partial charge in [0.05, 0.1) is 13.0 Å². The van der Waals surface area contributed by atoms with Gasteiger partial charge in [-0.1, -0.05) is 48.5 Å². The molecule has 1 fully saturated rings. The van der Waals surface area contributed by atoms with E-state index in [1.807, 2.05) is 41.5 Å². The Hall–Kier alpha value is -3.79. The second-order valence-corrected chi connectivity index (χ2v) is 15.7. The summed E-state index contributed by atoms with van der Waals surface area (Å²) < 4.78 is 10.7. The first-order chi connectivity index (χ1) is 25.8. The first kappa shape index (κ1) is 51.2. The highest BCUT2D eigenvalue weighted by molar-refractivity contribution is 5.84. The minimum Gasteiger partial charge on any atom is -0.481 e. The largest absolute Gasteiger partial charge is 0.481 e. The van der Waals surface area contributed by atoms with Crippen LogP contribution in [0.5, 0.6) is 0 Å². The van der Waals surface area contributed by atoms with Crippen LogP contribution >= 0.6 is 0 Å². The topological polar surface area (TPSA) is 239 Å².